The lowest BCUT2D eigenvalue weighted by Gasteiger charge is -2.48. The highest BCUT2D eigenvalue weighted by atomic mass is 35.5. The Kier molecular flexibility index (Phi) is 30.2. The minimum Gasteiger partial charge on any atom is -0.508 e. The molecule has 37 heteroatoms. The number of hydrogen-bond donors (Lipinski definition) is 20. The molecule has 7 aromatic rings. The van der Waals surface area contributed by atoms with E-state index in [4.69, 9.17) is 80.4 Å². The molecule has 6 aliphatic rings. The summed E-state index contributed by atoms with van der Waals surface area (Å²) in [4.78, 5) is 117. The van der Waals surface area contributed by atoms with E-state index < -0.39 is 192 Å². The summed E-state index contributed by atoms with van der Waals surface area (Å²) in [5, 5.41) is 119. The number of primary amides is 1. The Morgan fingerprint density at radius 2 is 1.31 bits per heavy atom. The number of aliphatic hydroxyl groups excluding tert-OH is 5. The fraction of sp³-hybridized carbons (Fsp3) is 0.405. The summed E-state index contributed by atoms with van der Waals surface area (Å²) in [6.07, 6.45) is -16.2. The lowest BCUT2D eigenvalue weighted by Crippen LogP contribution is -2.65. The lowest BCUT2D eigenvalue weighted by atomic mass is 9.84. The molecule has 6 aliphatic heterocycles. The second kappa shape index (κ2) is 40.0. The number of nitrogens with one attached hydrogen (secondary N) is 9. The minimum atomic E-state index is -2.24. The van der Waals surface area contributed by atoms with Gasteiger partial charge in [0.15, 0.2) is 23.9 Å². The van der Waals surface area contributed by atoms with Crippen LogP contribution in [0.25, 0.3) is 22.3 Å². The second-order valence-corrected chi connectivity index (χ2v) is 32.0. The van der Waals surface area contributed by atoms with Crippen LogP contribution in [0, 0.1) is 5.92 Å². The number of benzene rings is 7. The number of nitrogens with two attached hydrogens (primary N) is 3. The Bertz CT molecular complexity index is 4940. The fourth-order valence-corrected chi connectivity index (χ4v) is 15.2. The summed E-state index contributed by atoms with van der Waals surface area (Å²) in [5.74, 6) is -12.8. The number of hydrogen-bond acceptors (Lipinski definition) is 26. The summed E-state index contributed by atoms with van der Waals surface area (Å²) in [7, 11) is 1.49. The smallest absolute Gasteiger partial charge is 0.247 e. The van der Waals surface area contributed by atoms with Crippen molar-refractivity contribution in [2.45, 2.75) is 183 Å². The van der Waals surface area contributed by atoms with E-state index in [9.17, 15) is 69.6 Å². The molecule has 10 unspecified atom stereocenters. The van der Waals surface area contributed by atoms with Crippen LogP contribution in [0.4, 0.5) is 0 Å². The number of para-hydroxylation sites is 1. The van der Waals surface area contributed by atoms with Gasteiger partial charge in [0.2, 0.25) is 59.3 Å². The van der Waals surface area contributed by atoms with Crippen molar-refractivity contribution < 1.29 is 108 Å². The first kappa shape index (κ1) is 91.2. The number of aromatic hydroxyl groups is 3. The first-order chi connectivity index (χ1) is 57.6. The van der Waals surface area contributed by atoms with E-state index in [1.54, 1.807) is 26.0 Å². The molecule has 0 aromatic heterocycles. The Hall–Kier alpha value is -10.5. The van der Waals surface area contributed by atoms with Crippen molar-refractivity contribution in [3.05, 3.63) is 176 Å². The number of phenolic OH excluding ortho intramolecular Hbond substituents is 3. The van der Waals surface area contributed by atoms with Gasteiger partial charge in [-0.15, -0.1) is 0 Å². The topological polar surface area (TPSA) is 540 Å². The Morgan fingerprint density at radius 3 is 1.92 bits per heavy atom. The molecule has 0 spiro atoms. The van der Waals surface area contributed by atoms with Crippen molar-refractivity contribution in [3.8, 4) is 68.2 Å². The molecule has 2 saturated heterocycles. The van der Waals surface area contributed by atoms with E-state index in [-0.39, 0.29) is 105 Å². The predicted octanol–water partition coefficient (Wildman–Crippen LogP) is 4.33. The summed E-state index contributed by atoms with van der Waals surface area (Å²) in [6.45, 7) is 8.26. The molecule has 13 rings (SSSR count). The largest absolute Gasteiger partial charge is 0.508 e. The van der Waals surface area contributed by atoms with Gasteiger partial charge in [-0.3, -0.25) is 38.4 Å². The van der Waals surface area contributed by atoms with E-state index in [0.29, 0.717) is 17.9 Å². The number of halogens is 3. The molecule has 0 radical (unpaired) electrons. The minimum absolute atomic E-state index is 0.0242. The van der Waals surface area contributed by atoms with Gasteiger partial charge < -0.3 is 134 Å². The molecule has 0 saturated carbocycles. The highest BCUT2D eigenvalue weighted by Crippen LogP contribution is 2.49. The van der Waals surface area contributed by atoms with Crippen molar-refractivity contribution in [2.24, 2.45) is 23.1 Å². The molecule has 6 heterocycles. The zero-order valence-electron chi connectivity index (χ0n) is 66.6. The van der Waals surface area contributed by atoms with Crippen LogP contribution in [0.2, 0.25) is 15.1 Å². The van der Waals surface area contributed by atoms with Crippen molar-refractivity contribution in [1.82, 2.24) is 47.9 Å². The van der Waals surface area contributed by atoms with Gasteiger partial charge in [0, 0.05) is 53.8 Å². The molecule has 18 atom stereocenters. The maximum atomic E-state index is 15.4. The third-order valence-corrected chi connectivity index (χ3v) is 22.2. The Morgan fingerprint density at radius 1 is 0.669 bits per heavy atom. The molecule has 648 valence electrons. The maximum absolute atomic E-state index is 15.4. The number of phenols is 3. The van der Waals surface area contributed by atoms with Crippen LogP contribution in [0.5, 0.6) is 46.0 Å². The van der Waals surface area contributed by atoms with Crippen molar-refractivity contribution in [3.63, 3.8) is 0 Å². The van der Waals surface area contributed by atoms with Crippen molar-refractivity contribution in [1.29, 1.82) is 0 Å². The van der Waals surface area contributed by atoms with Crippen LogP contribution in [0.3, 0.4) is 0 Å². The van der Waals surface area contributed by atoms with Crippen LogP contribution in [0.15, 0.2) is 133 Å². The van der Waals surface area contributed by atoms with Crippen LogP contribution in [-0.4, -0.2) is 200 Å². The van der Waals surface area contributed by atoms with Gasteiger partial charge in [-0.05, 0) is 165 Å². The lowest BCUT2D eigenvalue weighted by molar-refractivity contribution is -0.331. The van der Waals surface area contributed by atoms with Crippen LogP contribution >= 0.6 is 34.8 Å². The monoisotopic (exact) mass is 1730 g/mol. The third kappa shape index (κ3) is 21.7. The highest BCUT2D eigenvalue weighted by Gasteiger charge is 2.52. The van der Waals surface area contributed by atoms with Crippen LogP contribution in [-0.2, 0) is 59.1 Å². The number of carbonyl (C=O) groups is 8. The van der Waals surface area contributed by atoms with Gasteiger partial charge in [0.25, 0.3) is 0 Å². The average Bonchev–Trinajstić information content (AvgIpc) is 0.764. The molecule has 34 nitrogen and oxygen atoms in total. The highest BCUT2D eigenvalue weighted by molar-refractivity contribution is 6.32. The van der Waals surface area contributed by atoms with Gasteiger partial charge >= 0.3 is 0 Å². The summed E-state index contributed by atoms with van der Waals surface area (Å²) < 4.78 is 39.3. The third-order valence-electron chi connectivity index (χ3n) is 21.3. The SMILES string of the molecule is CN[C@H](CC(C)C)C(=O)N[C@H]1C(=O)N[C@@H](CC(N)=O)C(=O)N[C@H](C)C(=O)NC2C(=O)N[C@H](C(=O)N[C@H](C(=O)NCCCCN)c3cc(O)cc(O)c3-c3cc2ccc3O)[C@H](O)c2ccc(c(Cl)c2)Oc2cccc(c2OC2OC(CN)C(O)C(O)C2OC2CC(C)(NCc3ccc(-c4ccc(Cl)cc4)cc3)C(O)C(C)O2)Oc2ccc(cc2Cl)[C@H]1O. The number of ether oxygens (including phenoxy) is 6. The number of unbranched alkanes of at least 4 members (excludes halogenated alkanes) is 1. The molecule has 8 amide bonds. The van der Waals surface area contributed by atoms with Gasteiger partial charge in [-0.2, -0.15) is 0 Å². The molecule has 0 aliphatic carbocycles. The van der Waals surface area contributed by atoms with Crippen molar-refractivity contribution in [2.75, 3.05) is 26.7 Å². The standard InChI is InChI=1S/C84H99Cl3N12O22/c1-38(2)28-53(91-6)77(110)98-67-69(104)45-19-24-57(51(86)30-45)117-59-10-9-11-60(73(59)121-83-74(72(107)71(106)61(36-89)119-83)120-63-35-84(5,75(108)40(4)116-63)93-37-41-12-14-42(15-13-41)43-16-21-47(85)22-17-43)118-58-25-20-46(31-52(58)87)70(105)68-82(115)97-66(79(112)92-27-8-7-26-88)50-32-48(100)33-56(102)64(50)49-29-44(18-23-55(49)101)65(80(113)99-68)96-76(109)39(3)94-78(111)54(34-62(90)103)95-81(67)114/h9-25,29-33,38-40,53-54,61,63,65-72,74-75,83,91,93,100-102,104-108H,7-8,26-28,34-37,88-89H2,1-6H3,(H2,90,103)(H,92,112)(H,94,111)(H,95,114)(H,96,109)(H,97,115)(H,98,110)(H,99,113)/t39-,40?,53-,54+,61?,63?,65?,66+,67-,68+,69-,70-,71?,72?,74?,75?,83?,84?/m1/s1. The normalized spacial score (nSPS) is 26.3. The first-order valence-corrected chi connectivity index (χ1v) is 40.3. The molecular formula is C84H99Cl3N12O22. The Balaban J connectivity index is 1.02. The summed E-state index contributed by atoms with van der Waals surface area (Å²) in [6, 6.07) is 18.9. The number of rotatable bonds is 21. The number of aliphatic hydroxyl groups is 5. The van der Waals surface area contributed by atoms with E-state index in [1.165, 1.54) is 55.6 Å². The average molecular weight is 1740 g/mol. The molecule has 10 bridgehead atoms. The molecule has 7 aromatic carbocycles. The zero-order valence-corrected chi connectivity index (χ0v) is 68.9. The van der Waals surface area contributed by atoms with Gasteiger partial charge in [0.05, 0.1) is 34.7 Å². The molecule has 2 fully saturated rings. The number of amides is 8. The zero-order chi connectivity index (χ0) is 87.6. The fourth-order valence-electron chi connectivity index (χ4n) is 14.7. The molecular weight excluding hydrogens is 1640 g/mol. The maximum Gasteiger partial charge on any atom is 0.247 e. The summed E-state index contributed by atoms with van der Waals surface area (Å²) in [5.41, 5.74) is 17.5. The van der Waals surface area contributed by atoms with Crippen molar-refractivity contribution >= 4 is 82.1 Å². The van der Waals surface area contributed by atoms with E-state index in [1.807, 2.05) is 50.2 Å². The summed E-state index contributed by atoms with van der Waals surface area (Å²) >= 11 is 20.4. The molecule has 121 heavy (non-hydrogen) atoms. The first-order valence-electron chi connectivity index (χ1n) is 39.1. The van der Waals surface area contributed by atoms with Crippen LogP contribution in [0.1, 0.15) is 119 Å². The predicted molar refractivity (Wildman–Crippen MR) is 441 cm³/mol. The van der Waals surface area contributed by atoms with Gasteiger partial charge in [0.1, 0.15) is 95.5 Å². The van der Waals surface area contributed by atoms with Gasteiger partial charge in [-0.1, -0.05) is 109 Å². The number of fused-ring (bicyclic) bond motifs is 6. The Labute approximate surface area is 710 Å². The molecule has 23 N–H and O–H groups in total. The quantitative estimate of drug-likeness (QED) is 0.0445. The van der Waals surface area contributed by atoms with E-state index in [2.05, 4.69) is 47.9 Å². The second-order valence-electron chi connectivity index (χ2n) is 30.7. The van der Waals surface area contributed by atoms with E-state index in [0.717, 1.165) is 60.0 Å². The number of likely N-dealkylation sites (N-methyl/N-ethyl adjacent to an activating group) is 1. The number of carbonyl (C=O) groups excluding carboxylic acids is 8. The van der Waals surface area contributed by atoms with E-state index >= 15 is 9.59 Å². The van der Waals surface area contributed by atoms with Crippen LogP contribution < -0.4 is 79.3 Å². The van der Waals surface area contributed by atoms with Gasteiger partial charge in [-0.25, -0.2) is 0 Å².